The van der Waals surface area contributed by atoms with Crippen molar-refractivity contribution in [1.29, 1.82) is 0 Å². The van der Waals surface area contributed by atoms with Crippen molar-refractivity contribution in [3.8, 4) is 33.4 Å². The summed E-state index contributed by atoms with van der Waals surface area (Å²) in [6.07, 6.45) is 1.56. The molecular weight excluding hydrogens is 771 g/mol. The van der Waals surface area contributed by atoms with E-state index in [2.05, 4.69) is 210 Å². The second-order valence-electron chi connectivity index (χ2n) is 17.5. The average molecular weight is 808 g/mol. The van der Waals surface area contributed by atoms with Crippen molar-refractivity contribution >= 4 is 88.2 Å². The predicted molar refractivity (Wildman–Crippen MR) is 259 cm³/mol. The Morgan fingerprint density at radius 3 is 1.89 bits per heavy atom. The lowest BCUT2D eigenvalue weighted by Gasteiger charge is -2.28. The summed E-state index contributed by atoms with van der Waals surface area (Å²) < 4.78 is 15.3. The lowest BCUT2D eigenvalue weighted by atomic mass is 9.82. The van der Waals surface area contributed by atoms with Crippen LogP contribution in [0.2, 0.25) is 0 Å². The zero-order valence-corrected chi connectivity index (χ0v) is 34.6. The van der Waals surface area contributed by atoms with E-state index in [0.717, 1.165) is 99.7 Å². The summed E-state index contributed by atoms with van der Waals surface area (Å²) in [5.74, 6) is 0. The molecule has 14 rings (SSSR count). The fourth-order valence-electron chi connectivity index (χ4n) is 11.0. The van der Waals surface area contributed by atoms with Crippen LogP contribution in [-0.4, -0.2) is 9.38 Å². The highest BCUT2D eigenvalue weighted by Crippen LogP contribution is 2.52. The Labute approximate surface area is 362 Å². The van der Waals surface area contributed by atoms with Crippen LogP contribution in [0.1, 0.15) is 25.0 Å². The van der Waals surface area contributed by atoms with Crippen LogP contribution in [0, 0.1) is 0 Å². The number of anilines is 3. The van der Waals surface area contributed by atoms with E-state index < -0.39 is 0 Å². The Kier molecular flexibility index (Phi) is 6.84. The first kappa shape index (κ1) is 34.6. The molecule has 9 aromatic carbocycles. The van der Waals surface area contributed by atoms with Gasteiger partial charge in [-0.1, -0.05) is 141 Å². The van der Waals surface area contributed by atoms with E-state index in [-0.39, 0.29) is 5.41 Å². The van der Waals surface area contributed by atoms with Gasteiger partial charge in [0, 0.05) is 60.5 Å². The molecule has 0 atom stereocenters. The van der Waals surface area contributed by atoms with Gasteiger partial charge in [0.05, 0.1) is 21.9 Å². The molecule has 0 fully saturated rings. The molecule has 5 nitrogen and oxygen atoms in total. The molecule has 0 bridgehead atoms. The maximum atomic E-state index is 6.84. The Hall–Kier alpha value is -8.15. The van der Waals surface area contributed by atoms with E-state index >= 15 is 0 Å². The molecule has 0 aliphatic heterocycles. The Morgan fingerprint density at radius 1 is 0.460 bits per heavy atom. The summed E-state index contributed by atoms with van der Waals surface area (Å²) in [7, 11) is 0. The number of fused-ring (bicyclic) bond motifs is 14. The lowest BCUT2D eigenvalue weighted by molar-refractivity contribution is 0.605. The standard InChI is InChI=1S/C58H37N3O2/c1-58(2)48-20-8-6-14-41(48)42-28-26-38(31-49(42)58)60(37-27-29-52-46(30-37)47-32-50-57(62-33-59-50)53-45-15-7-9-21-51(45)61(52)54(47)53)36-24-22-35(23-25-36)40-17-11-19-44-43-18-10-16-39(55(43)63-56(40)44)34-12-4-3-5-13-34/h3-33H,1-2H3. The van der Waals surface area contributed by atoms with Crippen molar-refractivity contribution in [2.45, 2.75) is 19.3 Å². The number of furan rings is 1. The third-order valence-electron chi connectivity index (χ3n) is 13.9. The Bertz CT molecular complexity index is 4000. The summed E-state index contributed by atoms with van der Waals surface area (Å²) >= 11 is 0. The molecule has 0 radical (unpaired) electrons. The van der Waals surface area contributed by atoms with E-state index in [4.69, 9.17) is 8.83 Å². The zero-order valence-electron chi connectivity index (χ0n) is 34.6. The minimum absolute atomic E-state index is 0.149. The number of rotatable bonds is 5. The van der Waals surface area contributed by atoms with Crippen LogP contribution in [0.15, 0.2) is 197 Å². The predicted octanol–water partition coefficient (Wildman–Crippen LogP) is 16.0. The van der Waals surface area contributed by atoms with Gasteiger partial charge in [-0.25, -0.2) is 4.98 Å². The summed E-state index contributed by atoms with van der Waals surface area (Å²) in [5.41, 5.74) is 19.8. The van der Waals surface area contributed by atoms with Gasteiger partial charge in [-0.05, 0) is 88.0 Å². The zero-order chi connectivity index (χ0) is 41.6. The van der Waals surface area contributed by atoms with Gasteiger partial charge in [-0.3, -0.25) is 0 Å². The molecule has 63 heavy (non-hydrogen) atoms. The van der Waals surface area contributed by atoms with E-state index in [1.54, 1.807) is 6.39 Å². The van der Waals surface area contributed by atoms with Crippen molar-refractivity contribution in [3.05, 3.63) is 200 Å². The van der Waals surface area contributed by atoms with Gasteiger partial charge in [0.15, 0.2) is 12.0 Å². The summed E-state index contributed by atoms with van der Waals surface area (Å²) in [4.78, 5) is 7.08. The van der Waals surface area contributed by atoms with Crippen molar-refractivity contribution in [2.75, 3.05) is 4.90 Å². The van der Waals surface area contributed by atoms with Gasteiger partial charge in [-0.2, -0.15) is 0 Å². The summed E-state index contributed by atoms with van der Waals surface area (Å²) in [5, 5.41) is 6.84. The van der Waals surface area contributed by atoms with Crippen LogP contribution in [0.5, 0.6) is 0 Å². The van der Waals surface area contributed by atoms with E-state index in [1.807, 2.05) is 0 Å². The normalized spacial score (nSPS) is 13.4. The maximum Gasteiger partial charge on any atom is 0.182 e. The molecule has 5 heteroatoms. The summed E-state index contributed by atoms with van der Waals surface area (Å²) in [6, 6.07) is 66.0. The highest BCUT2D eigenvalue weighted by molar-refractivity contribution is 6.30. The SMILES string of the molecule is CC1(C)c2ccccc2-c2ccc(N(c3ccc(-c4cccc5c4oc4c(-c6ccccc6)cccc45)cc3)c3ccc4c(c3)c3cc5ncoc5c5c6ccccc6n4c35)cc21. The smallest absolute Gasteiger partial charge is 0.182 e. The molecule has 4 aromatic heterocycles. The first-order valence-electron chi connectivity index (χ1n) is 21.6. The van der Waals surface area contributed by atoms with Gasteiger partial charge in [0.1, 0.15) is 16.7 Å². The molecule has 0 spiro atoms. The third-order valence-corrected chi connectivity index (χ3v) is 13.9. The fourth-order valence-corrected chi connectivity index (χ4v) is 11.0. The van der Waals surface area contributed by atoms with Crippen LogP contribution in [-0.2, 0) is 5.41 Å². The topological polar surface area (TPSA) is 46.8 Å². The number of benzene rings is 9. The molecule has 0 saturated carbocycles. The van der Waals surface area contributed by atoms with Gasteiger partial charge in [-0.15, -0.1) is 0 Å². The van der Waals surface area contributed by atoms with Crippen LogP contribution < -0.4 is 4.90 Å². The monoisotopic (exact) mass is 807 g/mol. The van der Waals surface area contributed by atoms with Gasteiger partial charge < -0.3 is 18.1 Å². The molecule has 13 aromatic rings. The number of hydrogen-bond donors (Lipinski definition) is 0. The molecule has 0 amide bonds. The first-order chi connectivity index (χ1) is 31.0. The molecule has 0 saturated heterocycles. The molecule has 1 aliphatic rings. The number of nitrogens with zero attached hydrogens (tertiary/aromatic N) is 3. The van der Waals surface area contributed by atoms with Gasteiger partial charge in [0.25, 0.3) is 0 Å². The lowest BCUT2D eigenvalue weighted by Crippen LogP contribution is -2.16. The van der Waals surface area contributed by atoms with Crippen molar-refractivity contribution in [2.24, 2.45) is 0 Å². The van der Waals surface area contributed by atoms with Gasteiger partial charge in [0.2, 0.25) is 0 Å². The van der Waals surface area contributed by atoms with E-state index in [1.165, 1.54) is 33.0 Å². The average Bonchev–Trinajstić information content (AvgIpc) is 4.15. The minimum Gasteiger partial charge on any atom is -0.455 e. The third kappa shape index (κ3) is 4.68. The molecule has 4 heterocycles. The Morgan fingerprint density at radius 2 is 1.08 bits per heavy atom. The van der Waals surface area contributed by atoms with Crippen LogP contribution in [0.3, 0.4) is 0 Å². The first-order valence-corrected chi connectivity index (χ1v) is 21.6. The Balaban J connectivity index is 0.961. The maximum absolute atomic E-state index is 6.84. The molecule has 296 valence electrons. The molecule has 0 unspecified atom stereocenters. The largest absolute Gasteiger partial charge is 0.455 e. The van der Waals surface area contributed by atoms with E-state index in [0.29, 0.717) is 0 Å². The fraction of sp³-hybridized carbons (Fsp3) is 0.0517. The van der Waals surface area contributed by atoms with Crippen LogP contribution in [0.4, 0.5) is 17.1 Å². The second kappa shape index (κ2) is 12.5. The highest BCUT2D eigenvalue weighted by Gasteiger charge is 2.36. The summed E-state index contributed by atoms with van der Waals surface area (Å²) in [6.45, 7) is 4.70. The molecule has 1 aliphatic carbocycles. The quantitative estimate of drug-likeness (QED) is 0.174. The highest BCUT2D eigenvalue weighted by atomic mass is 16.3. The molecular formula is C58H37N3O2. The van der Waals surface area contributed by atoms with Gasteiger partial charge >= 0.3 is 0 Å². The van der Waals surface area contributed by atoms with Crippen molar-refractivity contribution in [3.63, 3.8) is 0 Å². The van der Waals surface area contributed by atoms with Crippen LogP contribution >= 0.6 is 0 Å². The second-order valence-corrected chi connectivity index (χ2v) is 17.5. The minimum atomic E-state index is -0.149. The molecule has 0 N–H and O–H groups in total. The van der Waals surface area contributed by atoms with Crippen LogP contribution in [0.25, 0.3) is 105 Å². The van der Waals surface area contributed by atoms with Crippen molar-refractivity contribution in [1.82, 2.24) is 9.38 Å². The number of aromatic nitrogens is 2. The number of para-hydroxylation sites is 3. The van der Waals surface area contributed by atoms with Crippen molar-refractivity contribution < 1.29 is 8.83 Å². The number of oxazole rings is 1. The van der Waals surface area contributed by atoms with E-state index in [9.17, 15) is 0 Å². The number of hydrogen-bond acceptors (Lipinski definition) is 4.